The molecule has 1 fully saturated rings. The van der Waals surface area contributed by atoms with Gasteiger partial charge in [-0.25, -0.2) is 0 Å². The van der Waals surface area contributed by atoms with Crippen LogP contribution >= 0.6 is 0 Å². The van der Waals surface area contributed by atoms with Crippen molar-refractivity contribution < 1.29 is 9.47 Å². The third kappa shape index (κ3) is 4.30. The Bertz CT molecular complexity index is 417. The van der Waals surface area contributed by atoms with Crippen LogP contribution in [-0.2, 0) is 4.74 Å². The Morgan fingerprint density at radius 1 is 1.30 bits per heavy atom. The van der Waals surface area contributed by atoms with Gasteiger partial charge >= 0.3 is 0 Å². The lowest BCUT2D eigenvalue weighted by molar-refractivity contribution is 0.0685. The van der Waals surface area contributed by atoms with E-state index in [1.807, 2.05) is 12.1 Å². The molecule has 1 aromatic carbocycles. The average molecular weight is 278 g/mol. The summed E-state index contributed by atoms with van der Waals surface area (Å²) in [5, 5.41) is 0. The minimum atomic E-state index is 0.704. The van der Waals surface area contributed by atoms with Crippen molar-refractivity contribution in [3.63, 3.8) is 0 Å². The second-order valence-corrected chi connectivity index (χ2v) is 5.54. The van der Waals surface area contributed by atoms with Gasteiger partial charge in [-0.15, -0.1) is 0 Å². The van der Waals surface area contributed by atoms with E-state index in [-0.39, 0.29) is 0 Å². The smallest absolute Gasteiger partial charge is 0.123 e. The number of hydrogen-bond donors (Lipinski definition) is 1. The molecule has 1 saturated heterocycles. The summed E-state index contributed by atoms with van der Waals surface area (Å²) in [5.41, 5.74) is 7.86. The van der Waals surface area contributed by atoms with Crippen LogP contribution in [0.4, 0.5) is 11.4 Å². The van der Waals surface area contributed by atoms with E-state index in [4.69, 9.17) is 15.2 Å². The van der Waals surface area contributed by atoms with Gasteiger partial charge in [0.2, 0.25) is 0 Å². The molecule has 0 unspecified atom stereocenters. The molecule has 20 heavy (non-hydrogen) atoms. The van der Waals surface area contributed by atoms with E-state index < -0.39 is 0 Å². The molecule has 0 aliphatic carbocycles. The lowest BCUT2D eigenvalue weighted by Gasteiger charge is -2.28. The minimum absolute atomic E-state index is 0.704. The maximum atomic E-state index is 5.98. The highest BCUT2D eigenvalue weighted by atomic mass is 16.5. The summed E-state index contributed by atoms with van der Waals surface area (Å²) in [7, 11) is 2.12. The first-order valence-corrected chi connectivity index (χ1v) is 7.51. The number of hydrogen-bond acceptors (Lipinski definition) is 4. The van der Waals surface area contributed by atoms with Gasteiger partial charge in [0.1, 0.15) is 5.75 Å². The first kappa shape index (κ1) is 15.0. The van der Waals surface area contributed by atoms with Crippen molar-refractivity contribution in [2.75, 3.05) is 44.0 Å². The lowest BCUT2D eigenvalue weighted by Crippen LogP contribution is -2.29. The number of benzene rings is 1. The largest absolute Gasteiger partial charge is 0.493 e. The molecule has 2 rings (SSSR count). The van der Waals surface area contributed by atoms with Crippen LogP contribution in [0.25, 0.3) is 0 Å². The van der Waals surface area contributed by atoms with E-state index >= 15 is 0 Å². The molecule has 0 aromatic heterocycles. The summed E-state index contributed by atoms with van der Waals surface area (Å²) >= 11 is 0. The van der Waals surface area contributed by atoms with Gasteiger partial charge in [-0.2, -0.15) is 0 Å². The van der Waals surface area contributed by atoms with Crippen molar-refractivity contribution in [2.45, 2.75) is 26.2 Å². The van der Waals surface area contributed by atoms with Gasteiger partial charge in [-0.1, -0.05) is 6.92 Å². The number of ether oxygens (including phenoxy) is 2. The summed E-state index contributed by atoms with van der Waals surface area (Å²) in [5.74, 6) is 1.57. The Labute approximate surface area is 121 Å². The highest BCUT2D eigenvalue weighted by molar-refractivity contribution is 5.60. The van der Waals surface area contributed by atoms with E-state index in [9.17, 15) is 0 Å². The van der Waals surface area contributed by atoms with Gasteiger partial charge in [-0.3, -0.25) is 0 Å². The Morgan fingerprint density at radius 3 is 2.75 bits per heavy atom. The molecule has 0 atom stereocenters. The molecule has 1 aliphatic rings. The minimum Gasteiger partial charge on any atom is -0.493 e. The van der Waals surface area contributed by atoms with Crippen LogP contribution in [0.15, 0.2) is 18.2 Å². The second kappa shape index (κ2) is 7.39. The van der Waals surface area contributed by atoms with Crippen LogP contribution in [0.3, 0.4) is 0 Å². The molecule has 0 saturated carbocycles. The Morgan fingerprint density at radius 2 is 2.05 bits per heavy atom. The Hall–Kier alpha value is -1.42. The number of anilines is 2. The number of nitrogens with two attached hydrogens (primary N) is 1. The van der Waals surface area contributed by atoms with Crippen LogP contribution in [-0.4, -0.2) is 33.4 Å². The SMILES string of the molecule is CCCOc1cc(N)cc(N(C)CC2CCOCC2)c1. The molecule has 4 heteroatoms. The monoisotopic (exact) mass is 278 g/mol. The van der Waals surface area contributed by atoms with Gasteiger partial charge in [0.25, 0.3) is 0 Å². The topological polar surface area (TPSA) is 47.7 Å². The molecule has 112 valence electrons. The van der Waals surface area contributed by atoms with Gasteiger partial charge < -0.3 is 20.1 Å². The molecule has 0 radical (unpaired) electrons. The predicted molar refractivity (Wildman–Crippen MR) is 83.5 cm³/mol. The van der Waals surface area contributed by atoms with Crippen LogP contribution in [0.2, 0.25) is 0 Å². The molecule has 0 spiro atoms. The number of rotatable bonds is 6. The van der Waals surface area contributed by atoms with E-state index in [2.05, 4.69) is 24.9 Å². The zero-order valence-corrected chi connectivity index (χ0v) is 12.6. The van der Waals surface area contributed by atoms with Gasteiger partial charge in [-0.05, 0) is 31.2 Å². The maximum Gasteiger partial charge on any atom is 0.123 e. The highest BCUT2D eigenvalue weighted by Gasteiger charge is 2.16. The summed E-state index contributed by atoms with van der Waals surface area (Å²) in [6.07, 6.45) is 3.29. The summed E-state index contributed by atoms with van der Waals surface area (Å²) in [6, 6.07) is 5.98. The van der Waals surface area contributed by atoms with Gasteiger partial charge in [0.05, 0.1) is 6.61 Å². The Balaban J connectivity index is 2.00. The molecule has 1 aliphatic heterocycles. The normalized spacial score (nSPS) is 16.1. The first-order valence-electron chi connectivity index (χ1n) is 7.51. The van der Waals surface area contributed by atoms with Crippen molar-refractivity contribution in [1.29, 1.82) is 0 Å². The molecule has 0 bridgehead atoms. The van der Waals surface area contributed by atoms with Crippen molar-refractivity contribution >= 4 is 11.4 Å². The summed E-state index contributed by atoms with van der Waals surface area (Å²) in [6.45, 7) is 5.65. The molecule has 1 heterocycles. The third-order valence-corrected chi connectivity index (χ3v) is 3.70. The van der Waals surface area contributed by atoms with Crippen LogP contribution < -0.4 is 15.4 Å². The fourth-order valence-electron chi connectivity index (χ4n) is 2.55. The lowest BCUT2D eigenvalue weighted by atomic mass is 9.99. The fourth-order valence-corrected chi connectivity index (χ4v) is 2.55. The third-order valence-electron chi connectivity index (χ3n) is 3.70. The van der Waals surface area contributed by atoms with E-state index in [0.29, 0.717) is 5.92 Å². The Kier molecular flexibility index (Phi) is 5.53. The maximum absolute atomic E-state index is 5.98. The highest BCUT2D eigenvalue weighted by Crippen LogP contribution is 2.27. The molecule has 4 nitrogen and oxygen atoms in total. The summed E-state index contributed by atoms with van der Waals surface area (Å²) < 4.78 is 11.1. The van der Waals surface area contributed by atoms with E-state index in [1.165, 1.54) is 0 Å². The molecule has 2 N–H and O–H groups in total. The van der Waals surface area contributed by atoms with E-state index in [0.717, 1.165) is 62.8 Å². The van der Waals surface area contributed by atoms with Gasteiger partial charge in [0.15, 0.2) is 0 Å². The standard InChI is InChI=1S/C16H26N2O2/c1-3-6-20-16-10-14(17)9-15(11-16)18(2)12-13-4-7-19-8-5-13/h9-11,13H,3-8,12,17H2,1-2H3. The second-order valence-electron chi connectivity index (χ2n) is 5.54. The summed E-state index contributed by atoms with van der Waals surface area (Å²) in [4.78, 5) is 2.27. The van der Waals surface area contributed by atoms with Crippen molar-refractivity contribution in [3.8, 4) is 5.75 Å². The van der Waals surface area contributed by atoms with Crippen molar-refractivity contribution in [3.05, 3.63) is 18.2 Å². The molecular weight excluding hydrogens is 252 g/mol. The molecular formula is C16H26N2O2. The van der Waals surface area contributed by atoms with Crippen LogP contribution in [0, 0.1) is 5.92 Å². The van der Waals surface area contributed by atoms with Crippen LogP contribution in [0.5, 0.6) is 5.75 Å². The average Bonchev–Trinajstić information content (AvgIpc) is 2.45. The van der Waals surface area contributed by atoms with E-state index in [1.54, 1.807) is 0 Å². The predicted octanol–water partition coefficient (Wildman–Crippen LogP) is 2.92. The van der Waals surface area contributed by atoms with Crippen molar-refractivity contribution in [1.82, 2.24) is 0 Å². The van der Waals surface area contributed by atoms with Crippen LogP contribution in [0.1, 0.15) is 26.2 Å². The molecule has 1 aromatic rings. The zero-order valence-electron chi connectivity index (χ0n) is 12.6. The van der Waals surface area contributed by atoms with Crippen molar-refractivity contribution in [2.24, 2.45) is 5.92 Å². The first-order chi connectivity index (χ1) is 9.69. The van der Waals surface area contributed by atoms with Gasteiger partial charge in [0, 0.05) is 50.3 Å². The zero-order chi connectivity index (χ0) is 14.4. The number of nitrogen functional groups attached to an aromatic ring is 1. The molecule has 0 amide bonds. The fraction of sp³-hybridized carbons (Fsp3) is 0.625. The quantitative estimate of drug-likeness (QED) is 0.813. The number of nitrogens with zero attached hydrogens (tertiary/aromatic N) is 1.